The maximum absolute atomic E-state index is 14.1. The van der Waals surface area contributed by atoms with E-state index in [1.807, 2.05) is 48.5 Å². The molecule has 0 saturated carbocycles. The summed E-state index contributed by atoms with van der Waals surface area (Å²) in [6.45, 7) is -0.0340. The number of hydrogen-bond acceptors (Lipinski definition) is 4. The molecule has 0 aliphatic heterocycles. The average molecular weight is 538 g/mol. The molecule has 11 heteroatoms. The number of anilines is 1. The molecule has 2 amide bonds. The maximum atomic E-state index is 14.1. The summed E-state index contributed by atoms with van der Waals surface area (Å²) in [6, 6.07) is 18.3. The Morgan fingerprint density at radius 1 is 1.08 bits per heavy atom. The highest BCUT2D eigenvalue weighted by Crippen LogP contribution is 2.31. The van der Waals surface area contributed by atoms with E-state index in [-0.39, 0.29) is 12.1 Å². The van der Waals surface area contributed by atoms with Crippen LogP contribution in [-0.4, -0.2) is 26.2 Å². The van der Waals surface area contributed by atoms with Crippen LogP contribution in [0.4, 0.5) is 15.0 Å². The Hall–Kier alpha value is -4.08. The molecular weight excluding hydrogens is 516 g/mol. The van der Waals surface area contributed by atoms with Crippen LogP contribution in [0, 0.1) is 5.82 Å². The average Bonchev–Trinajstić information content (AvgIpc) is 3.47. The second kappa shape index (κ2) is 10.5. The van der Waals surface area contributed by atoms with E-state index in [1.165, 1.54) is 18.2 Å². The van der Waals surface area contributed by atoms with Crippen LogP contribution >= 0.6 is 23.2 Å². The molecule has 0 spiro atoms. The van der Waals surface area contributed by atoms with Crippen LogP contribution in [0.15, 0.2) is 66.7 Å². The fourth-order valence-corrected chi connectivity index (χ4v) is 4.49. The van der Waals surface area contributed by atoms with Crippen molar-refractivity contribution < 1.29 is 9.18 Å². The van der Waals surface area contributed by atoms with E-state index in [4.69, 9.17) is 33.9 Å². The lowest BCUT2D eigenvalue weighted by Crippen LogP contribution is -2.39. The van der Waals surface area contributed by atoms with Gasteiger partial charge in [-0.25, -0.2) is 14.2 Å². The zero-order chi connectivity index (χ0) is 25.9. The number of benzene rings is 3. The van der Waals surface area contributed by atoms with Gasteiger partial charge in [0.15, 0.2) is 5.82 Å². The number of nitrogen functional groups attached to an aromatic ring is 1. The van der Waals surface area contributed by atoms with Gasteiger partial charge in [0.05, 0.1) is 11.6 Å². The number of imidazole rings is 1. The van der Waals surface area contributed by atoms with Gasteiger partial charge in [0.2, 0.25) is 0 Å². The van der Waals surface area contributed by atoms with Crippen molar-refractivity contribution >= 4 is 46.0 Å². The fourth-order valence-electron chi connectivity index (χ4n) is 4.04. The van der Waals surface area contributed by atoms with Crippen LogP contribution in [0.1, 0.15) is 23.0 Å². The number of carbonyl (C=O) groups excluding carboxylic acids is 1. The van der Waals surface area contributed by atoms with Gasteiger partial charge in [-0.1, -0.05) is 59.6 Å². The van der Waals surface area contributed by atoms with Gasteiger partial charge >= 0.3 is 6.03 Å². The van der Waals surface area contributed by atoms with Gasteiger partial charge in [-0.15, -0.1) is 0 Å². The highest BCUT2D eigenvalue weighted by molar-refractivity contribution is 6.32. The van der Waals surface area contributed by atoms with Crippen LogP contribution in [0.25, 0.3) is 22.2 Å². The van der Waals surface area contributed by atoms with Gasteiger partial charge in [-0.3, -0.25) is 5.10 Å². The quantitative estimate of drug-likeness (QED) is 0.181. The molecule has 0 radical (unpaired) electrons. The zero-order valence-electron chi connectivity index (χ0n) is 19.4. The molecule has 5 aromatic rings. The second-order valence-electron chi connectivity index (χ2n) is 8.46. The van der Waals surface area contributed by atoms with Crippen LogP contribution < -0.4 is 16.4 Å². The molecule has 188 valence electrons. The minimum atomic E-state index is -0.551. The Bertz CT molecular complexity index is 1570. The highest BCUT2D eigenvalue weighted by Gasteiger charge is 2.22. The Morgan fingerprint density at radius 2 is 1.89 bits per heavy atom. The van der Waals surface area contributed by atoms with E-state index in [1.54, 1.807) is 0 Å². The first-order valence-electron chi connectivity index (χ1n) is 11.4. The largest absolute Gasteiger partial charge is 0.382 e. The summed E-state index contributed by atoms with van der Waals surface area (Å²) < 4.78 is 14.1. The topological polar surface area (TPSA) is 125 Å². The summed E-state index contributed by atoms with van der Waals surface area (Å²) in [5.74, 6) is 0.423. The van der Waals surface area contributed by atoms with Gasteiger partial charge in [-0.05, 0) is 42.3 Å². The van der Waals surface area contributed by atoms with E-state index in [2.05, 4.69) is 25.8 Å². The molecule has 0 fully saturated rings. The summed E-state index contributed by atoms with van der Waals surface area (Å²) in [5.41, 5.74) is 9.16. The normalized spacial score (nSPS) is 12.0. The Morgan fingerprint density at radius 3 is 2.70 bits per heavy atom. The number of nitrogens with zero attached hydrogens (tertiary/aromatic N) is 2. The van der Waals surface area contributed by atoms with Crippen molar-refractivity contribution in [2.24, 2.45) is 0 Å². The molecule has 0 aliphatic carbocycles. The number of aromatic amines is 2. The number of carbonyl (C=O) groups is 1. The third kappa shape index (κ3) is 5.52. The molecule has 0 unspecified atom stereocenters. The highest BCUT2D eigenvalue weighted by atomic mass is 35.5. The third-order valence-corrected chi connectivity index (χ3v) is 6.42. The molecule has 2 aromatic heterocycles. The Balaban J connectivity index is 1.39. The van der Waals surface area contributed by atoms with Crippen molar-refractivity contribution in [1.82, 2.24) is 30.8 Å². The maximum Gasteiger partial charge on any atom is 0.315 e. The number of hydrogen-bond donors (Lipinski definition) is 5. The van der Waals surface area contributed by atoms with Crippen LogP contribution in [0.2, 0.25) is 10.2 Å². The number of nitrogens with one attached hydrogen (secondary N) is 4. The summed E-state index contributed by atoms with van der Waals surface area (Å²) in [5, 5.41) is 14.0. The first-order chi connectivity index (χ1) is 17.9. The SMILES string of the molecule is Nc1n[nH]c2cc(-c3nc([C@H](Cc4ccccc4)NC(=O)NCc4cc(Cl)ccc4F)[nH]c3Cl)ccc12. The van der Waals surface area contributed by atoms with Gasteiger partial charge in [-0.2, -0.15) is 5.10 Å². The standard InChI is InChI=1S/C26H22Cl2FN7O/c27-17-7-9-19(29)16(11-17)13-31-26(37)32-21(10-14-4-2-1-3-5-14)25-33-22(23(28)34-25)15-6-8-18-20(12-15)35-36-24(18)30/h1-9,11-12,21H,10,13H2,(H,33,34)(H3,30,35,36)(H2,31,32,37)/t21-/m0/s1. The van der Waals surface area contributed by atoms with Gasteiger partial charge in [0, 0.05) is 28.1 Å². The Labute approximate surface area is 221 Å². The number of nitrogens with two attached hydrogens (primary N) is 1. The molecule has 8 nitrogen and oxygen atoms in total. The lowest BCUT2D eigenvalue weighted by Gasteiger charge is -2.18. The van der Waals surface area contributed by atoms with Crippen molar-refractivity contribution in [3.63, 3.8) is 0 Å². The smallest absolute Gasteiger partial charge is 0.315 e. The molecule has 0 saturated heterocycles. The van der Waals surface area contributed by atoms with Crippen molar-refractivity contribution in [2.75, 3.05) is 5.73 Å². The zero-order valence-corrected chi connectivity index (χ0v) is 20.9. The molecule has 2 heterocycles. The molecule has 3 aromatic carbocycles. The van der Waals surface area contributed by atoms with Crippen molar-refractivity contribution in [1.29, 1.82) is 0 Å². The molecular formula is C26H22Cl2FN7O. The molecule has 0 aliphatic rings. The fraction of sp³-hybridized carbons (Fsp3) is 0.115. The number of aromatic nitrogens is 4. The molecule has 1 atom stereocenters. The van der Waals surface area contributed by atoms with Gasteiger partial charge in [0.1, 0.15) is 22.5 Å². The van der Waals surface area contributed by atoms with Crippen LogP contribution in [-0.2, 0) is 13.0 Å². The molecule has 37 heavy (non-hydrogen) atoms. The number of urea groups is 1. The van der Waals surface area contributed by atoms with Crippen molar-refractivity contribution in [3.8, 4) is 11.3 Å². The predicted molar refractivity (Wildman–Crippen MR) is 143 cm³/mol. The number of fused-ring (bicyclic) bond motifs is 1. The first kappa shape index (κ1) is 24.6. The summed E-state index contributed by atoms with van der Waals surface area (Å²) in [4.78, 5) is 20.6. The van der Waals surface area contributed by atoms with E-state index < -0.39 is 17.9 Å². The van der Waals surface area contributed by atoms with Crippen molar-refractivity contribution in [2.45, 2.75) is 19.0 Å². The molecule has 6 N–H and O–H groups in total. The van der Waals surface area contributed by atoms with E-state index in [0.717, 1.165) is 22.0 Å². The Kier molecular flexibility index (Phi) is 6.98. The summed E-state index contributed by atoms with van der Waals surface area (Å²) >= 11 is 12.5. The van der Waals surface area contributed by atoms with Crippen LogP contribution in [0.3, 0.4) is 0 Å². The predicted octanol–water partition coefficient (Wildman–Crippen LogP) is 5.76. The lowest BCUT2D eigenvalue weighted by molar-refractivity contribution is 0.236. The lowest BCUT2D eigenvalue weighted by atomic mass is 10.1. The number of H-pyrrole nitrogens is 2. The molecule has 5 rings (SSSR count). The monoisotopic (exact) mass is 537 g/mol. The number of rotatable bonds is 7. The molecule has 0 bridgehead atoms. The summed E-state index contributed by atoms with van der Waals surface area (Å²) in [6.07, 6.45) is 0.444. The minimum absolute atomic E-state index is 0.0340. The van der Waals surface area contributed by atoms with Gasteiger partial charge in [0.25, 0.3) is 0 Å². The first-order valence-corrected chi connectivity index (χ1v) is 12.1. The van der Waals surface area contributed by atoms with Crippen molar-refractivity contribution in [3.05, 3.63) is 99.7 Å². The van der Waals surface area contributed by atoms with E-state index >= 15 is 0 Å². The number of amides is 2. The number of halogens is 3. The third-order valence-electron chi connectivity index (χ3n) is 5.91. The van der Waals surface area contributed by atoms with Gasteiger partial charge < -0.3 is 21.4 Å². The summed E-state index contributed by atoms with van der Waals surface area (Å²) in [7, 11) is 0. The van der Waals surface area contributed by atoms with E-state index in [0.29, 0.717) is 33.9 Å². The second-order valence-corrected chi connectivity index (χ2v) is 9.27. The minimum Gasteiger partial charge on any atom is -0.382 e. The van der Waals surface area contributed by atoms with Crippen LogP contribution in [0.5, 0.6) is 0 Å². The van der Waals surface area contributed by atoms with E-state index in [9.17, 15) is 9.18 Å².